The van der Waals surface area contributed by atoms with Gasteiger partial charge in [0, 0.05) is 18.9 Å². The first-order valence-corrected chi connectivity index (χ1v) is 11.5. The average Bonchev–Trinajstić information content (AvgIpc) is 2.62. The number of aliphatic hydroxyl groups is 1. The van der Waals surface area contributed by atoms with E-state index in [0.717, 1.165) is 0 Å². The first-order chi connectivity index (χ1) is 13.6. The molecule has 0 heterocycles. The minimum atomic E-state index is -3.96. The van der Waals surface area contributed by atoms with Crippen LogP contribution in [-0.4, -0.2) is 67.6 Å². The summed E-state index contributed by atoms with van der Waals surface area (Å²) in [4.78, 5) is 34.0. The molecule has 176 valence electrons. The molecule has 11 heteroatoms. The highest BCUT2D eigenvalue weighted by Gasteiger charge is 2.50. The van der Waals surface area contributed by atoms with Crippen molar-refractivity contribution >= 4 is 28.0 Å². The summed E-state index contributed by atoms with van der Waals surface area (Å²) >= 11 is 0. The Kier molecular flexibility index (Phi) is 11.5. The Bertz CT molecular complexity index is 688. The minimum absolute atomic E-state index is 0.103. The standard InChI is InChI=1S/C19H35NO9S/c1-14(2)16(22)28-11-7-6-9-19(25,17(23)24)18(4,5)13-29-30(26,27)12-8-10-20-15(3)21/h14,25H,6-13H2,1-5H3,(H,20,21)(H,23,24)/t19-/m0/s1. The van der Waals surface area contributed by atoms with Crippen molar-refractivity contribution in [2.45, 2.75) is 65.9 Å². The van der Waals surface area contributed by atoms with Gasteiger partial charge < -0.3 is 20.3 Å². The van der Waals surface area contributed by atoms with Gasteiger partial charge in [-0.15, -0.1) is 0 Å². The van der Waals surface area contributed by atoms with Gasteiger partial charge in [-0.2, -0.15) is 8.42 Å². The Balaban J connectivity index is 4.76. The quantitative estimate of drug-likeness (QED) is 0.187. The summed E-state index contributed by atoms with van der Waals surface area (Å²) in [6.07, 6.45) is 0.578. The van der Waals surface area contributed by atoms with Crippen LogP contribution in [-0.2, 0) is 33.4 Å². The monoisotopic (exact) mass is 453 g/mol. The number of aliphatic carboxylic acids is 1. The van der Waals surface area contributed by atoms with Crippen LogP contribution in [0.2, 0.25) is 0 Å². The van der Waals surface area contributed by atoms with Crippen LogP contribution in [0, 0.1) is 11.3 Å². The van der Waals surface area contributed by atoms with E-state index in [0.29, 0.717) is 6.42 Å². The fourth-order valence-electron chi connectivity index (χ4n) is 2.49. The molecule has 0 aromatic carbocycles. The van der Waals surface area contributed by atoms with Gasteiger partial charge in [-0.1, -0.05) is 27.7 Å². The third kappa shape index (κ3) is 9.86. The summed E-state index contributed by atoms with van der Waals surface area (Å²) < 4.78 is 34.0. The fourth-order valence-corrected chi connectivity index (χ4v) is 3.58. The van der Waals surface area contributed by atoms with Gasteiger partial charge in [0.2, 0.25) is 5.91 Å². The predicted octanol–water partition coefficient (Wildman–Crippen LogP) is 1.07. The molecule has 0 fully saturated rings. The third-order valence-electron chi connectivity index (χ3n) is 4.67. The molecule has 3 N–H and O–H groups in total. The molecule has 10 nitrogen and oxygen atoms in total. The van der Waals surface area contributed by atoms with Crippen molar-refractivity contribution in [2.75, 3.05) is 25.5 Å². The van der Waals surface area contributed by atoms with E-state index in [-0.39, 0.29) is 56.0 Å². The highest BCUT2D eigenvalue weighted by atomic mass is 32.2. The van der Waals surface area contributed by atoms with Gasteiger partial charge in [0.1, 0.15) is 0 Å². The van der Waals surface area contributed by atoms with Crippen molar-refractivity contribution in [3.63, 3.8) is 0 Å². The molecule has 0 saturated carbocycles. The molecule has 0 spiro atoms. The van der Waals surface area contributed by atoms with Crippen LogP contribution in [0.4, 0.5) is 0 Å². The zero-order chi connectivity index (χ0) is 23.6. The minimum Gasteiger partial charge on any atom is -0.479 e. The maximum atomic E-state index is 12.0. The lowest BCUT2D eigenvalue weighted by Gasteiger charge is -2.39. The summed E-state index contributed by atoms with van der Waals surface area (Å²) in [5, 5.41) is 22.8. The molecule has 0 unspecified atom stereocenters. The first kappa shape index (κ1) is 28.3. The summed E-state index contributed by atoms with van der Waals surface area (Å²) in [5.41, 5.74) is -3.65. The zero-order valence-corrected chi connectivity index (χ0v) is 19.2. The normalized spacial score (nSPS) is 14.2. The Morgan fingerprint density at radius 2 is 1.70 bits per heavy atom. The Morgan fingerprint density at radius 3 is 2.20 bits per heavy atom. The molecular weight excluding hydrogens is 418 g/mol. The highest BCUT2D eigenvalue weighted by molar-refractivity contribution is 7.86. The van der Waals surface area contributed by atoms with E-state index in [1.54, 1.807) is 13.8 Å². The van der Waals surface area contributed by atoms with Crippen LogP contribution in [0.1, 0.15) is 60.3 Å². The number of unbranched alkanes of at least 4 members (excludes halogenated alkanes) is 1. The van der Waals surface area contributed by atoms with Crippen LogP contribution >= 0.6 is 0 Å². The summed E-state index contributed by atoms with van der Waals surface area (Å²) in [7, 11) is -3.96. The van der Waals surface area contributed by atoms with Crippen molar-refractivity contribution in [3.8, 4) is 0 Å². The number of amides is 1. The SMILES string of the molecule is CC(=O)NCCCS(=O)(=O)OCC(C)(C)[C@](O)(CCCCOC(=O)C(C)C)C(=O)O. The van der Waals surface area contributed by atoms with Crippen LogP contribution in [0.3, 0.4) is 0 Å². The van der Waals surface area contributed by atoms with Gasteiger partial charge in [-0.3, -0.25) is 13.8 Å². The molecule has 0 saturated heterocycles. The molecular formula is C19H35NO9S. The smallest absolute Gasteiger partial charge is 0.336 e. The zero-order valence-electron chi connectivity index (χ0n) is 18.4. The lowest BCUT2D eigenvalue weighted by atomic mass is 9.72. The number of hydrogen-bond acceptors (Lipinski definition) is 8. The van der Waals surface area contributed by atoms with Gasteiger partial charge in [-0.25, -0.2) is 4.79 Å². The molecule has 30 heavy (non-hydrogen) atoms. The number of esters is 1. The first-order valence-electron chi connectivity index (χ1n) is 9.88. The molecule has 0 aromatic heterocycles. The molecule has 0 rings (SSSR count). The van der Waals surface area contributed by atoms with Gasteiger partial charge in [0.15, 0.2) is 5.60 Å². The lowest BCUT2D eigenvalue weighted by Crippen LogP contribution is -2.53. The number of carbonyl (C=O) groups is 3. The Hall–Kier alpha value is -1.72. The second-order valence-electron chi connectivity index (χ2n) is 8.19. The van der Waals surface area contributed by atoms with Crippen molar-refractivity contribution in [1.82, 2.24) is 5.32 Å². The van der Waals surface area contributed by atoms with Crippen LogP contribution in [0.15, 0.2) is 0 Å². The molecule has 0 aromatic rings. The van der Waals surface area contributed by atoms with Crippen molar-refractivity contribution < 1.29 is 41.9 Å². The number of rotatable bonds is 15. The Labute approximate surface area is 178 Å². The number of carboxylic acid groups (broad SMARTS) is 1. The largest absolute Gasteiger partial charge is 0.479 e. The molecule has 0 bridgehead atoms. The number of nitrogens with one attached hydrogen (secondary N) is 1. The van der Waals surface area contributed by atoms with Crippen molar-refractivity contribution in [1.29, 1.82) is 0 Å². The molecule has 0 aliphatic rings. The van der Waals surface area contributed by atoms with Crippen LogP contribution in [0.25, 0.3) is 0 Å². The molecule has 0 aliphatic heterocycles. The molecule has 0 radical (unpaired) electrons. The summed E-state index contributed by atoms with van der Waals surface area (Å²) in [6.45, 7) is 7.27. The number of carboxylic acids is 1. The second kappa shape index (κ2) is 12.2. The van der Waals surface area contributed by atoms with Gasteiger partial charge in [-0.05, 0) is 25.7 Å². The number of hydrogen-bond donors (Lipinski definition) is 3. The molecule has 0 aliphatic carbocycles. The van der Waals surface area contributed by atoms with Crippen molar-refractivity contribution in [2.24, 2.45) is 11.3 Å². The summed E-state index contributed by atoms with van der Waals surface area (Å²) in [5.74, 6) is -2.74. The Morgan fingerprint density at radius 1 is 1.10 bits per heavy atom. The topological polar surface area (TPSA) is 156 Å². The lowest BCUT2D eigenvalue weighted by molar-refractivity contribution is -0.177. The molecule has 1 atom stereocenters. The van der Waals surface area contributed by atoms with Crippen LogP contribution in [0.5, 0.6) is 0 Å². The van der Waals surface area contributed by atoms with E-state index in [4.69, 9.17) is 8.92 Å². The van der Waals surface area contributed by atoms with Gasteiger partial charge >= 0.3 is 11.9 Å². The van der Waals surface area contributed by atoms with E-state index in [2.05, 4.69) is 5.32 Å². The van der Waals surface area contributed by atoms with Gasteiger partial charge in [0.05, 0.1) is 24.9 Å². The second-order valence-corrected chi connectivity index (χ2v) is 9.95. The van der Waals surface area contributed by atoms with E-state index < -0.39 is 33.7 Å². The van der Waals surface area contributed by atoms with E-state index >= 15 is 0 Å². The molecule has 1 amide bonds. The maximum absolute atomic E-state index is 12.0. The van der Waals surface area contributed by atoms with Gasteiger partial charge in [0.25, 0.3) is 10.1 Å². The van der Waals surface area contributed by atoms with Crippen LogP contribution < -0.4 is 5.32 Å². The van der Waals surface area contributed by atoms with E-state index in [9.17, 15) is 33.0 Å². The average molecular weight is 454 g/mol. The highest BCUT2D eigenvalue weighted by Crippen LogP contribution is 2.36. The van der Waals surface area contributed by atoms with Crippen molar-refractivity contribution in [3.05, 3.63) is 0 Å². The van der Waals surface area contributed by atoms with E-state index in [1.807, 2.05) is 0 Å². The predicted molar refractivity (Wildman–Crippen MR) is 109 cm³/mol. The van der Waals surface area contributed by atoms with E-state index in [1.165, 1.54) is 20.8 Å². The number of ether oxygens (including phenoxy) is 1. The summed E-state index contributed by atoms with van der Waals surface area (Å²) in [6, 6.07) is 0. The fraction of sp³-hybridized carbons (Fsp3) is 0.842. The number of carbonyl (C=O) groups excluding carboxylic acids is 2. The third-order valence-corrected chi connectivity index (χ3v) is 5.93. The maximum Gasteiger partial charge on any atom is 0.336 e.